The molecular formula is C23H30N6O2. The van der Waals surface area contributed by atoms with Crippen molar-refractivity contribution in [3.63, 3.8) is 0 Å². The third-order valence-corrected chi connectivity index (χ3v) is 5.91. The third-order valence-electron chi connectivity index (χ3n) is 5.91. The summed E-state index contributed by atoms with van der Waals surface area (Å²) in [6, 6.07) is 11.7. The van der Waals surface area contributed by atoms with Gasteiger partial charge in [0, 0.05) is 58.4 Å². The van der Waals surface area contributed by atoms with Crippen molar-refractivity contribution in [2.45, 2.75) is 0 Å². The van der Waals surface area contributed by atoms with Gasteiger partial charge in [-0.15, -0.1) is 10.2 Å². The van der Waals surface area contributed by atoms with Crippen molar-refractivity contribution in [3.8, 4) is 5.75 Å². The first-order valence-corrected chi connectivity index (χ1v) is 10.8. The minimum atomic E-state index is 0.0342. The molecular weight excluding hydrogens is 392 g/mol. The van der Waals surface area contributed by atoms with Crippen LogP contribution in [0.1, 0.15) is 5.56 Å². The minimum Gasteiger partial charge on any atom is -0.497 e. The lowest BCUT2D eigenvalue weighted by molar-refractivity contribution is -0.126. The molecule has 4 rings (SSSR count). The van der Waals surface area contributed by atoms with Gasteiger partial charge in [0.25, 0.3) is 0 Å². The van der Waals surface area contributed by atoms with Crippen molar-refractivity contribution in [1.82, 2.24) is 20.0 Å². The van der Waals surface area contributed by atoms with E-state index < -0.39 is 0 Å². The van der Waals surface area contributed by atoms with Crippen molar-refractivity contribution < 1.29 is 9.53 Å². The summed E-state index contributed by atoms with van der Waals surface area (Å²) in [6.07, 6.45) is 3.48. The normalized spacial score (nSPS) is 17.9. The van der Waals surface area contributed by atoms with Crippen LogP contribution in [0.4, 0.5) is 11.6 Å². The molecule has 0 spiro atoms. The lowest BCUT2D eigenvalue weighted by atomic mass is 10.2. The highest BCUT2D eigenvalue weighted by Crippen LogP contribution is 2.18. The van der Waals surface area contributed by atoms with Crippen LogP contribution in [0.2, 0.25) is 0 Å². The predicted octanol–water partition coefficient (Wildman–Crippen LogP) is 1.60. The molecule has 2 aromatic rings. The monoisotopic (exact) mass is 422 g/mol. The highest BCUT2D eigenvalue weighted by molar-refractivity contribution is 5.92. The highest BCUT2D eigenvalue weighted by Gasteiger charge is 2.21. The smallest absolute Gasteiger partial charge is 0.246 e. The molecule has 31 heavy (non-hydrogen) atoms. The number of ether oxygens (including phenoxy) is 1. The van der Waals surface area contributed by atoms with Gasteiger partial charge in [0.05, 0.1) is 7.11 Å². The number of piperazine rings is 2. The number of benzene rings is 1. The van der Waals surface area contributed by atoms with Crippen LogP contribution in [0.3, 0.4) is 0 Å². The Bertz CT molecular complexity index is 883. The van der Waals surface area contributed by atoms with Crippen molar-refractivity contribution in [1.29, 1.82) is 0 Å². The van der Waals surface area contributed by atoms with Crippen LogP contribution in [-0.2, 0) is 4.79 Å². The maximum Gasteiger partial charge on any atom is 0.246 e. The van der Waals surface area contributed by atoms with E-state index in [0.29, 0.717) is 13.1 Å². The molecule has 164 valence electrons. The second kappa shape index (κ2) is 9.78. The molecule has 1 aromatic heterocycles. The van der Waals surface area contributed by atoms with Crippen molar-refractivity contribution in [3.05, 3.63) is 48.0 Å². The Morgan fingerprint density at radius 3 is 1.90 bits per heavy atom. The Morgan fingerprint density at radius 1 is 0.839 bits per heavy atom. The molecule has 1 amide bonds. The fourth-order valence-corrected chi connectivity index (χ4v) is 3.83. The van der Waals surface area contributed by atoms with Gasteiger partial charge in [-0.05, 0) is 43.0 Å². The maximum absolute atomic E-state index is 12.5. The molecule has 3 heterocycles. The van der Waals surface area contributed by atoms with E-state index in [2.05, 4.69) is 38.0 Å². The molecule has 0 atom stereocenters. The Kier molecular flexibility index (Phi) is 6.66. The molecule has 0 N–H and O–H groups in total. The number of amides is 1. The van der Waals surface area contributed by atoms with Crippen LogP contribution in [-0.4, -0.2) is 92.4 Å². The van der Waals surface area contributed by atoms with Crippen LogP contribution in [0.15, 0.2) is 42.5 Å². The van der Waals surface area contributed by atoms with E-state index in [1.165, 1.54) is 0 Å². The van der Waals surface area contributed by atoms with Crippen molar-refractivity contribution in [2.24, 2.45) is 0 Å². The Hall–Kier alpha value is -3.13. The number of aromatic nitrogens is 2. The van der Waals surface area contributed by atoms with Crippen LogP contribution in [0, 0.1) is 0 Å². The number of hydrogen-bond acceptors (Lipinski definition) is 7. The SMILES string of the molecule is COc1ccc(/C=C/C(=O)N2CCN(c3ccc(N4CCN(C)CC4)nn3)CC2)cc1. The summed E-state index contributed by atoms with van der Waals surface area (Å²) >= 11 is 0. The zero-order chi connectivity index (χ0) is 21.6. The Labute approximate surface area is 183 Å². The first-order chi connectivity index (χ1) is 15.1. The molecule has 0 saturated carbocycles. The molecule has 1 aromatic carbocycles. The van der Waals surface area contributed by atoms with Gasteiger partial charge in [-0.3, -0.25) is 4.79 Å². The van der Waals surface area contributed by atoms with E-state index in [1.54, 1.807) is 13.2 Å². The number of methoxy groups -OCH3 is 1. The van der Waals surface area contributed by atoms with E-state index in [-0.39, 0.29) is 5.91 Å². The summed E-state index contributed by atoms with van der Waals surface area (Å²) < 4.78 is 5.16. The lowest BCUT2D eigenvalue weighted by Gasteiger charge is -2.35. The van der Waals surface area contributed by atoms with Crippen molar-refractivity contribution >= 4 is 23.6 Å². The average molecular weight is 423 g/mol. The summed E-state index contributed by atoms with van der Waals surface area (Å²) in [6.45, 7) is 6.92. The molecule has 2 fully saturated rings. The van der Waals surface area contributed by atoms with Crippen LogP contribution in [0.5, 0.6) is 5.75 Å². The number of anilines is 2. The fourth-order valence-electron chi connectivity index (χ4n) is 3.83. The van der Waals surface area contributed by atoms with Gasteiger partial charge >= 0.3 is 0 Å². The van der Waals surface area contributed by atoms with Gasteiger partial charge in [0.15, 0.2) is 11.6 Å². The standard InChI is InChI=1S/C23H30N6O2/c1-26-11-13-27(14-12-26)21-8-9-22(25-24-21)28-15-17-29(18-16-28)23(30)10-5-19-3-6-20(31-2)7-4-19/h3-10H,11-18H2,1-2H3/b10-5+. The molecule has 0 bridgehead atoms. The first-order valence-electron chi connectivity index (χ1n) is 10.8. The van der Waals surface area contributed by atoms with E-state index in [4.69, 9.17) is 4.74 Å². The first kappa shape index (κ1) is 21.1. The van der Waals surface area contributed by atoms with Gasteiger partial charge in [0.2, 0.25) is 5.91 Å². The highest BCUT2D eigenvalue weighted by atomic mass is 16.5. The number of carbonyl (C=O) groups excluding carboxylic acids is 1. The van der Waals surface area contributed by atoms with E-state index in [9.17, 15) is 4.79 Å². The molecule has 8 nitrogen and oxygen atoms in total. The number of rotatable bonds is 5. The van der Waals surface area contributed by atoms with Gasteiger partial charge in [-0.1, -0.05) is 12.1 Å². The lowest BCUT2D eigenvalue weighted by Crippen LogP contribution is -2.48. The third kappa shape index (κ3) is 5.32. The summed E-state index contributed by atoms with van der Waals surface area (Å²) in [5.74, 6) is 2.65. The number of carbonyl (C=O) groups is 1. The molecule has 0 aliphatic carbocycles. The molecule has 8 heteroatoms. The van der Waals surface area contributed by atoms with Crippen LogP contribution < -0.4 is 14.5 Å². The number of likely N-dealkylation sites (N-methyl/N-ethyl adjacent to an activating group) is 1. The van der Waals surface area contributed by atoms with E-state index in [0.717, 1.165) is 62.2 Å². The second-order valence-electron chi connectivity index (χ2n) is 7.96. The minimum absolute atomic E-state index is 0.0342. The number of hydrogen-bond donors (Lipinski definition) is 0. The van der Waals surface area contributed by atoms with Crippen molar-refractivity contribution in [2.75, 3.05) is 76.3 Å². The Balaban J connectivity index is 1.27. The summed E-state index contributed by atoms with van der Waals surface area (Å²) in [4.78, 5) is 21.2. The zero-order valence-electron chi connectivity index (χ0n) is 18.3. The fraction of sp³-hybridized carbons (Fsp3) is 0.435. The second-order valence-corrected chi connectivity index (χ2v) is 7.96. The Morgan fingerprint density at radius 2 is 1.39 bits per heavy atom. The molecule has 2 saturated heterocycles. The van der Waals surface area contributed by atoms with Crippen LogP contribution >= 0.6 is 0 Å². The average Bonchev–Trinajstić information content (AvgIpc) is 2.83. The summed E-state index contributed by atoms with van der Waals surface area (Å²) in [7, 11) is 3.78. The topological polar surface area (TPSA) is 65.0 Å². The van der Waals surface area contributed by atoms with E-state index in [1.807, 2.05) is 41.3 Å². The molecule has 2 aliphatic rings. The van der Waals surface area contributed by atoms with Gasteiger partial charge < -0.3 is 24.3 Å². The largest absolute Gasteiger partial charge is 0.497 e. The summed E-state index contributed by atoms with van der Waals surface area (Å²) in [5.41, 5.74) is 0.975. The molecule has 0 radical (unpaired) electrons. The van der Waals surface area contributed by atoms with Crippen LogP contribution in [0.25, 0.3) is 6.08 Å². The molecule has 0 unspecified atom stereocenters. The quantitative estimate of drug-likeness (QED) is 0.678. The van der Waals surface area contributed by atoms with Gasteiger partial charge in [-0.2, -0.15) is 0 Å². The zero-order valence-corrected chi connectivity index (χ0v) is 18.3. The predicted molar refractivity (Wildman–Crippen MR) is 123 cm³/mol. The van der Waals surface area contributed by atoms with E-state index >= 15 is 0 Å². The molecule has 2 aliphatic heterocycles. The number of nitrogens with zero attached hydrogens (tertiary/aromatic N) is 6. The van der Waals surface area contributed by atoms with Gasteiger partial charge in [-0.25, -0.2) is 0 Å². The maximum atomic E-state index is 12.5. The van der Waals surface area contributed by atoms with Gasteiger partial charge in [0.1, 0.15) is 5.75 Å². The summed E-state index contributed by atoms with van der Waals surface area (Å²) in [5, 5.41) is 8.90.